The number of carbonyl (C=O) groups excluding carboxylic acids is 1. The summed E-state index contributed by atoms with van der Waals surface area (Å²) in [6.45, 7) is 3.46. The van der Waals surface area contributed by atoms with Crippen molar-refractivity contribution in [3.8, 4) is 0 Å². The Morgan fingerprint density at radius 2 is 2.17 bits per heavy atom. The summed E-state index contributed by atoms with van der Waals surface area (Å²) in [6, 6.07) is 0. The lowest BCUT2D eigenvalue weighted by molar-refractivity contribution is -0.116. The molecule has 0 amide bonds. The van der Waals surface area contributed by atoms with Crippen LogP contribution < -0.4 is 0 Å². The van der Waals surface area contributed by atoms with E-state index in [1.165, 1.54) is 0 Å². The van der Waals surface area contributed by atoms with Crippen molar-refractivity contribution in [2.24, 2.45) is 0 Å². The first kappa shape index (κ1) is 10.1. The molecule has 0 bridgehead atoms. The van der Waals surface area contributed by atoms with Crippen LogP contribution in [0.1, 0.15) is 26.2 Å². The van der Waals surface area contributed by atoms with E-state index in [1.807, 2.05) is 11.8 Å². The standard InChI is InChI=1S/C9H16O2S/c1-8(10)4-7-12-9-2-5-11-6-3-9/h9H,2-7H2,1H3. The second-order valence-corrected chi connectivity index (χ2v) is 4.54. The zero-order valence-electron chi connectivity index (χ0n) is 7.54. The summed E-state index contributed by atoms with van der Waals surface area (Å²) >= 11 is 1.92. The molecular weight excluding hydrogens is 172 g/mol. The molecule has 1 aliphatic rings. The molecule has 0 aliphatic carbocycles. The molecule has 0 atom stereocenters. The van der Waals surface area contributed by atoms with Crippen LogP contribution in [-0.2, 0) is 9.53 Å². The molecule has 2 nitrogen and oxygen atoms in total. The Balaban J connectivity index is 2.01. The third-order valence-electron chi connectivity index (χ3n) is 1.98. The van der Waals surface area contributed by atoms with Crippen molar-refractivity contribution in [2.45, 2.75) is 31.4 Å². The largest absolute Gasteiger partial charge is 0.381 e. The Hall–Kier alpha value is -0.0200. The number of rotatable bonds is 4. The van der Waals surface area contributed by atoms with E-state index in [2.05, 4.69) is 0 Å². The lowest BCUT2D eigenvalue weighted by Gasteiger charge is -2.21. The molecule has 0 radical (unpaired) electrons. The zero-order valence-corrected chi connectivity index (χ0v) is 8.36. The first-order valence-corrected chi connectivity index (χ1v) is 5.52. The highest BCUT2D eigenvalue weighted by molar-refractivity contribution is 7.99. The van der Waals surface area contributed by atoms with E-state index >= 15 is 0 Å². The molecule has 1 saturated heterocycles. The monoisotopic (exact) mass is 188 g/mol. The number of hydrogen-bond donors (Lipinski definition) is 0. The normalized spacial score (nSPS) is 19.4. The Kier molecular flexibility index (Phi) is 4.69. The van der Waals surface area contributed by atoms with Gasteiger partial charge in [-0.3, -0.25) is 4.79 Å². The first-order chi connectivity index (χ1) is 5.79. The van der Waals surface area contributed by atoms with Gasteiger partial charge in [0, 0.05) is 30.6 Å². The molecule has 1 fully saturated rings. The molecule has 3 heteroatoms. The van der Waals surface area contributed by atoms with Crippen LogP contribution in [0.15, 0.2) is 0 Å². The summed E-state index contributed by atoms with van der Waals surface area (Å²) in [6.07, 6.45) is 3.03. The number of carbonyl (C=O) groups is 1. The molecule has 0 saturated carbocycles. The van der Waals surface area contributed by atoms with Gasteiger partial charge in [0.15, 0.2) is 0 Å². The highest BCUT2D eigenvalue weighted by atomic mass is 32.2. The number of hydrogen-bond acceptors (Lipinski definition) is 3. The summed E-state index contributed by atoms with van der Waals surface area (Å²) in [5.74, 6) is 1.29. The minimum atomic E-state index is 0.301. The number of Topliss-reactive ketones (excluding diaryl/α,β-unsaturated/α-hetero) is 1. The first-order valence-electron chi connectivity index (χ1n) is 4.48. The van der Waals surface area contributed by atoms with Crippen LogP contribution in [0.4, 0.5) is 0 Å². The van der Waals surface area contributed by atoms with Gasteiger partial charge in [0.1, 0.15) is 5.78 Å². The molecule has 0 aromatic rings. The van der Waals surface area contributed by atoms with Crippen molar-refractivity contribution in [3.05, 3.63) is 0 Å². The molecular formula is C9H16O2S. The van der Waals surface area contributed by atoms with Gasteiger partial charge >= 0.3 is 0 Å². The fourth-order valence-electron chi connectivity index (χ4n) is 1.21. The Bertz CT molecular complexity index is 141. The van der Waals surface area contributed by atoms with Crippen LogP contribution >= 0.6 is 11.8 Å². The van der Waals surface area contributed by atoms with E-state index < -0.39 is 0 Å². The lowest BCUT2D eigenvalue weighted by Crippen LogP contribution is -2.18. The smallest absolute Gasteiger partial charge is 0.130 e. The van der Waals surface area contributed by atoms with E-state index in [9.17, 15) is 4.79 Å². The molecule has 1 heterocycles. The van der Waals surface area contributed by atoms with E-state index in [1.54, 1.807) is 6.92 Å². The summed E-state index contributed by atoms with van der Waals surface area (Å²) in [5.41, 5.74) is 0. The van der Waals surface area contributed by atoms with Gasteiger partial charge in [-0.15, -0.1) is 0 Å². The fraction of sp³-hybridized carbons (Fsp3) is 0.889. The maximum atomic E-state index is 10.6. The Morgan fingerprint density at radius 3 is 2.75 bits per heavy atom. The van der Waals surface area contributed by atoms with Gasteiger partial charge in [0.05, 0.1) is 0 Å². The SMILES string of the molecule is CC(=O)CCSC1CCOCC1. The maximum Gasteiger partial charge on any atom is 0.130 e. The van der Waals surface area contributed by atoms with Crippen molar-refractivity contribution in [1.29, 1.82) is 0 Å². The van der Waals surface area contributed by atoms with Gasteiger partial charge in [-0.05, 0) is 19.8 Å². The molecule has 12 heavy (non-hydrogen) atoms. The Morgan fingerprint density at radius 1 is 1.50 bits per heavy atom. The minimum Gasteiger partial charge on any atom is -0.381 e. The van der Waals surface area contributed by atoms with Crippen LogP contribution in [0.2, 0.25) is 0 Å². The average molecular weight is 188 g/mol. The van der Waals surface area contributed by atoms with E-state index in [4.69, 9.17) is 4.74 Å². The molecule has 0 spiro atoms. The van der Waals surface area contributed by atoms with Crippen molar-refractivity contribution in [3.63, 3.8) is 0 Å². The summed E-state index contributed by atoms with van der Waals surface area (Å²) in [5, 5.41) is 0.734. The van der Waals surface area contributed by atoms with Crippen LogP contribution in [0.25, 0.3) is 0 Å². The van der Waals surface area contributed by atoms with Crippen molar-refractivity contribution < 1.29 is 9.53 Å². The van der Waals surface area contributed by atoms with Gasteiger partial charge in [-0.25, -0.2) is 0 Å². The predicted octanol–water partition coefficient (Wildman–Crippen LogP) is 1.88. The molecule has 0 unspecified atom stereocenters. The quantitative estimate of drug-likeness (QED) is 0.674. The molecule has 0 N–H and O–H groups in total. The summed E-state index contributed by atoms with van der Waals surface area (Å²) in [4.78, 5) is 10.6. The molecule has 1 aliphatic heterocycles. The van der Waals surface area contributed by atoms with E-state index in [0.717, 1.165) is 43.5 Å². The van der Waals surface area contributed by atoms with Crippen molar-refractivity contribution in [2.75, 3.05) is 19.0 Å². The molecule has 70 valence electrons. The lowest BCUT2D eigenvalue weighted by atomic mass is 10.2. The van der Waals surface area contributed by atoms with Gasteiger partial charge in [0.2, 0.25) is 0 Å². The fourth-order valence-corrected chi connectivity index (χ4v) is 2.48. The van der Waals surface area contributed by atoms with Crippen molar-refractivity contribution >= 4 is 17.5 Å². The third-order valence-corrected chi connectivity index (χ3v) is 3.36. The highest BCUT2D eigenvalue weighted by Crippen LogP contribution is 2.22. The molecule has 0 aromatic heterocycles. The number of ether oxygens (including phenoxy) is 1. The summed E-state index contributed by atoms with van der Waals surface area (Å²) < 4.78 is 5.25. The van der Waals surface area contributed by atoms with Crippen molar-refractivity contribution in [1.82, 2.24) is 0 Å². The van der Waals surface area contributed by atoms with Crippen LogP contribution in [-0.4, -0.2) is 30.0 Å². The van der Waals surface area contributed by atoms with Gasteiger partial charge in [-0.1, -0.05) is 0 Å². The second kappa shape index (κ2) is 5.60. The zero-order chi connectivity index (χ0) is 8.81. The average Bonchev–Trinajstić information content (AvgIpc) is 2.05. The predicted molar refractivity (Wildman–Crippen MR) is 51.6 cm³/mol. The topological polar surface area (TPSA) is 26.3 Å². The molecule has 0 aromatic carbocycles. The van der Waals surface area contributed by atoms with Gasteiger partial charge < -0.3 is 4.74 Å². The van der Waals surface area contributed by atoms with Gasteiger partial charge in [0.25, 0.3) is 0 Å². The summed E-state index contributed by atoms with van der Waals surface area (Å²) in [7, 11) is 0. The second-order valence-electron chi connectivity index (χ2n) is 3.13. The van der Waals surface area contributed by atoms with Crippen LogP contribution in [0.5, 0.6) is 0 Å². The third kappa shape index (κ3) is 4.12. The molecule has 1 rings (SSSR count). The Labute approximate surface area is 78.1 Å². The van der Waals surface area contributed by atoms with E-state index in [0.29, 0.717) is 5.78 Å². The highest BCUT2D eigenvalue weighted by Gasteiger charge is 2.13. The van der Waals surface area contributed by atoms with Crippen LogP contribution in [0.3, 0.4) is 0 Å². The van der Waals surface area contributed by atoms with Gasteiger partial charge in [-0.2, -0.15) is 11.8 Å². The number of ketones is 1. The maximum absolute atomic E-state index is 10.6. The minimum absolute atomic E-state index is 0.301. The number of thioether (sulfide) groups is 1. The van der Waals surface area contributed by atoms with Crippen LogP contribution in [0, 0.1) is 0 Å². The van der Waals surface area contributed by atoms with E-state index in [-0.39, 0.29) is 0 Å².